The molecule has 1 aromatic heterocycles. The van der Waals surface area contributed by atoms with Crippen molar-refractivity contribution in [2.24, 2.45) is 0 Å². The Morgan fingerprint density at radius 2 is 2.37 bits per heavy atom. The summed E-state index contributed by atoms with van der Waals surface area (Å²) in [5.74, 6) is 2.65. The Labute approximate surface area is 112 Å². The smallest absolute Gasteiger partial charge is 0.136 e. The summed E-state index contributed by atoms with van der Waals surface area (Å²) in [5.41, 5.74) is 5.58. The van der Waals surface area contributed by atoms with Crippen LogP contribution in [-0.2, 0) is 9.47 Å². The number of hydrogen-bond acceptors (Lipinski definition) is 6. The van der Waals surface area contributed by atoms with Gasteiger partial charge in [0.2, 0.25) is 0 Å². The molecule has 1 saturated carbocycles. The third-order valence-electron chi connectivity index (χ3n) is 3.80. The first-order chi connectivity index (χ1) is 9.21. The SMILES string of the molecule is COC1(CNc2cc(N)nc(C3CC3)n2)CCOC1. The highest BCUT2D eigenvalue weighted by Crippen LogP contribution is 2.38. The maximum atomic E-state index is 5.83. The van der Waals surface area contributed by atoms with Gasteiger partial charge in [-0.3, -0.25) is 0 Å². The lowest BCUT2D eigenvalue weighted by Gasteiger charge is -2.26. The third-order valence-corrected chi connectivity index (χ3v) is 3.80. The van der Waals surface area contributed by atoms with Gasteiger partial charge < -0.3 is 20.5 Å². The average Bonchev–Trinajstić information content (AvgIpc) is 3.16. The number of methoxy groups -OCH3 is 1. The molecule has 19 heavy (non-hydrogen) atoms. The molecule has 0 aromatic carbocycles. The molecule has 2 fully saturated rings. The highest BCUT2D eigenvalue weighted by molar-refractivity contribution is 5.45. The summed E-state index contributed by atoms with van der Waals surface area (Å²) in [5, 5.41) is 3.31. The molecule has 1 unspecified atom stereocenters. The maximum absolute atomic E-state index is 5.83. The third kappa shape index (κ3) is 2.79. The van der Waals surface area contributed by atoms with Gasteiger partial charge in [0, 0.05) is 38.7 Å². The van der Waals surface area contributed by atoms with E-state index < -0.39 is 0 Å². The van der Waals surface area contributed by atoms with Crippen LogP contribution in [0.2, 0.25) is 0 Å². The summed E-state index contributed by atoms with van der Waals surface area (Å²) in [6.07, 6.45) is 3.23. The van der Waals surface area contributed by atoms with Crippen LogP contribution in [0.1, 0.15) is 31.0 Å². The molecule has 2 heterocycles. The van der Waals surface area contributed by atoms with E-state index in [4.69, 9.17) is 15.2 Å². The molecule has 6 heteroatoms. The summed E-state index contributed by atoms with van der Waals surface area (Å²) in [6.45, 7) is 2.03. The van der Waals surface area contributed by atoms with E-state index in [2.05, 4.69) is 15.3 Å². The van der Waals surface area contributed by atoms with Crippen molar-refractivity contribution in [3.8, 4) is 0 Å². The van der Waals surface area contributed by atoms with Crippen LogP contribution in [0.15, 0.2) is 6.07 Å². The van der Waals surface area contributed by atoms with Crippen LogP contribution in [-0.4, -0.2) is 42.4 Å². The van der Waals surface area contributed by atoms with E-state index in [9.17, 15) is 0 Å². The number of anilines is 2. The topological polar surface area (TPSA) is 82.3 Å². The van der Waals surface area contributed by atoms with Crippen molar-refractivity contribution in [3.05, 3.63) is 11.9 Å². The van der Waals surface area contributed by atoms with Gasteiger partial charge >= 0.3 is 0 Å². The summed E-state index contributed by atoms with van der Waals surface area (Å²) in [4.78, 5) is 8.81. The molecule has 1 aliphatic carbocycles. The average molecular weight is 264 g/mol. The van der Waals surface area contributed by atoms with E-state index in [-0.39, 0.29) is 5.60 Å². The molecular weight excluding hydrogens is 244 g/mol. The molecular formula is C13H20N4O2. The second-order valence-electron chi connectivity index (χ2n) is 5.35. The van der Waals surface area contributed by atoms with Crippen molar-refractivity contribution in [2.45, 2.75) is 30.8 Å². The van der Waals surface area contributed by atoms with Gasteiger partial charge in [-0.1, -0.05) is 0 Å². The molecule has 0 radical (unpaired) electrons. The Balaban J connectivity index is 1.69. The lowest BCUT2D eigenvalue weighted by molar-refractivity contribution is -0.00625. The van der Waals surface area contributed by atoms with E-state index in [1.54, 1.807) is 13.2 Å². The second-order valence-corrected chi connectivity index (χ2v) is 5.35. The molecule has 2 aliphatic rings. The molecule has 1 atom stereocenters. The quantitative estimate of drug-likeness (QED) is 0.830. The van der Waals surface area contributed by atoms with E-state index in [1.165, 1.54) is 12.8 Å². The van der Waals surface area contributed by atoms with Crippen LogP contribution in [0, 0.1) is 0 Å². The minimum Gasteiger partial charge on any atom is -0.384 e. The van der Waals surface area contributed by atoms with Gasteiger partial charge in [0.25, 0.3) is 0 Å². The predicted octanol–water partition coefficient (Wildman–Crippen LogP) is 1.15. The first-order valence-electron chi connectivity index (χ1n) is 6.72. The van der Waals surface area contributed by atoms with Crippen LogP contribution < -0.4 is 11.1 Å². The number of ether oxygens (including phenoxy) is 2. The fraction of sp³-hybridized carbons (Fsp3) is 0.692. The minimum atomic E-state index is -0.251. The van der Waals surface area contributed by atoms with Crippen LogP contribution in [0.4, 0.5) is 11.6 Å². The zero-order chi connectivity index (χ0) is 13.3. The minimum absolute atomic E-state index is 0.251. The highest BCUT2D eigenvalue weighted by atomic mass is 16.5. The Bertz CT molecular complexity index is 456. The fourth-order valence-corrected chi connectivity index (χ4v) is 2.31. The van der Waals surface area contributed by atoms with Crippen molar-refractivity contribution in [3.63, 3.8) is 0 Å². The van der Waals surface area contributed by atoms with Gasteiger partial charge in [-0.2, -0.15) is 0 Å². The van der Waals surface area contributed by atoms with Crippen molar-refractivity contribution >= 4 is 11.6 Å². The van der Waals surface area contributed by atoms with Crippen LogP contribution in [0.25, 0.3) is 0 Å². The Kier molecular flexibility index (Phi) is 3.28. The molecule has 0 amide bonds. The van der Waals surface area contributed by atoms with Crippen molar-refractivity contribution in [2.75, 3.05) is 37.9 Å². The van der Waals surface area contributed by atoms with Gasteiger partial charge in [0.05, 0.1) is 6.61 Å². The zero-order valence-electron chi connectivity index (χ0n) is 11.2. The molecule has 0 spiro atoms. The standard InChI is InChI=1S/C13H20N4O2/c1-18-13(4-5-19-8-13)7-15-11-6-10(14)16-12(17-11)9-2-3-9/h6,9H,2-5,7-8H2,1H3,(H3,14,15,16,17). The lowest BCUT2D eigenvalue weighted by atomic mass is 10.0. The maximum Gasteiger partial charge on any atom is 0.136 e. The van der Waals surface area contributed by atoms with Crippen LogP contribution >= 0.6 is 0 Å². The summed E-state index contributed by atoms with van der Waals surface area (Å²) >= 11 is 0. The Hall–Kier alpha value is -1.40. The van der Waals surface area contributed by atoms with Crippen molar-refractivity contribution in [1.29, 1.82) is 0 Å². The Morgan fingerprint density at radius 1 is 1.53 bits per heavy atom. The normalized spacial score (nSPS) is 26.6. The molecule has 1 aromatic rings. The van der Waals surface area contributed by atoms with Gasteiger partial charge in [0.1, 0.15) is 23.1 Å². The van der Waals surface area contributed by atoms with E-state index >= 15 is 0 Å². The molecule has 3 N–H and O–H groups in total. The molecule has 0 bridgehead atoms. The van der Waals surface area contributed by atoms with E-state index in [1.807, 2.05) is 0 Å². The molecule has 1 saturated heterocycles. The summed E-state index contributed by atoms with van der Waals surface area (Å²) in [7, 11) is 1.72. The number of rotatable bonds is 5. The number of aromatic nitrogens is 2. The van der Waals surface area contributed by atoms with Gasteiger partial charge in [-0.25, -0.2) is 9.97 Å². The zero-order valence-corrected chi connectivity index (χ0v) is 11.2. The summed E-state index contributed by atoms with van der Waals surface area (Å²) in [6, 6.07) is 1.77. The fourth-order valence-electron chi connectivity index (χ4n) is 2.31. The van der Waals surface area contributed by atoms with E-state index in [0.29, 0.717) is 24.9 Å². The molecule has 1 aliphatic heterocycles. The molecule has 6 nitrogen and oxygen atoms in total. The number of nitrogens with two attached hydrogens (primary N) is 1. The van der Waals surface area contributed by atoms with Gasteiger partial charge in [-0.15, -0.1) is 0 Å². The van der Waals surface area contributed by atoms with Gasteiger partial charge in [-0.05, 0) is 12.8 Å². The van der Waals surface area contributed by atoms with Crippen molar-refractivity contribution in [1.82, 2.24) is 9.97 Å². The largest absolute Gasteiger partial charge is 0.384 e. The number of nitrogen functional groups attached to an aromatic ring is 1. The van der Waals surface area contributed by atoms with Crippen LogP contribution in [0.3, 0.4) is 0 Å². The number of nitrogens with one attached hydrogen (secondary N) is 1. The number of nitrogens with zero attached hydrogens (tertiary/aromatic N) is 2. The first-order valence-corrected chi connectivity index (χ1v) is 6.72. The monoisotopic (exact) mass is 264 g/mol. The van der Waals surface area contributed by atoms with Crippen molar-refractivity contribution < 1.29 is 9.47 Å². The predicted molar refractivity (Wildman–Crippen MR) is 72.1 cm³/mol. The lowest BCUT2D eigenvalue weighted by Crippen LogP contribution is -2.39. The first kappa shape index (κ1) is 12.6. The highest BCUT2D eigenvalue weighted by Gasteiger charge is 2.35. The van der Waals surface area contributed by atoms with Crippen LogP contribution in [0.5, 0.6) is 0 Å². The molecule has 3 rings (SSSR count). The number of hydrogen-bond donors (Lipinski definition) is 2. The Morgan fingerprint density at radius 3 is 3.00 bits per heavy atom. The summed E-state index contributed by atoms with van der Waals surface area (Å²) < 4.78 is 11.0. The van der Waals surface area contributed by atoms with E-state index in [0.717, 1.165) is 24.7 Å². The second kappa shape index (κ2) is 4.94. The van der Waals surface area contributed by atoms with Gasteiger partial charge in [0.15, 0.2) is 0 Å². The molecule has 104 valence electrons.